The third-order valence-electron chi connectivity index (χ3n) is 5.21. The van der Waals surface area contributed by atoms with Gasteiger partial charge in [-0.3, -0.25) is 14.4 Å². The number of ether oxygens (including phenoxy) is 1. The molecule has 1 saturated carbocycles. The molecule has 2 fully saturated rings. The topological polar surface area (TPSA) is 128 Å². The van der Waals surface area contributed by atoms with Crippen molar-refractivity contribution in [3.63, 3.8) is 0 Å². The Morgan fingerprint density at radius 1 is 1.36 bits per heavy atom. The van der Waals surface area contributed by atoms with Gasteiger partial charge in [0.15, 0.2) is 5.69 Å². The Kier molecular flexibility index (Phi) is 6.66. The molecule has 2 atom stereocenters. The summed E-state index contributed by atoms with van der Waals surface area (Å²) in [6.07, 6.45) is 3.54. The summed E-state index contributed by atoms with van der Waals surface area (Å²) in [6.45, 7) is 3.11. The number of rotatable bonds is 8. The summed E-state index contributed by atoms with van der Waals surface area (Å²) >= 11 is 0. The molecule has 0 aromatic carbocycles. The summed E-state index contributed by atoms with van der Waals surface area (Å²) in [5.41, 5.74) is 5.69. The first-order valence-electron chi connectivity index (χ1n) is 9.95. The number of likely N-dealkylation sites (tertiary alicyclic amines) is 1. The van der Waals surface area contributed by atoms with E-state index >= 15 is 0 Å². The monoisotopic (exact) mass is 392 g/mol. The average Bonchev–Trinajstić information content (AvgIpc) is 3.42. The maximum Gasteiger partial charge on any atom is 0.312 e. The molecule has 0 radical (unpaired) electrons. The molecule has 3 N–H and O–H groups in total. The fraction of sp³-hybridized carbons (Fsp3) is 0.684. The Hall–Kier alpha value is -2.42. The molecule has 2 amide bonds. The molecule has 1 aromatic heterocycles. The van der Waals surface area contributed by atoms with Crippen LogP contribution in [0.5, 0.6) is 0 Å². The van der Waals surface area contributed by atoms with Gasteiger partial charge in [0.2, 0.25) is 5.91 Å². The number of hydrogen-bond donors (Lipinski definition) is 2. The highest BCUT2D eigenvalue weighted by molar-refractivity contribution is 5.93. The van der Waals surface area contributed by atoms with E-state index in [2.05, 4.69) is 10.5 Å². The van der Waals surface area contributed by atoms with Gasteiger partial charge in [0, 0.05) is 37.5 Å². The van der Waals surface area contributed by atoms with Crippen molar-refractivity contribution in [3.05, 3.63) is 17.5 Å². The lowest BCUT2D eigenvalue weighted by molar-refractivity contribution is -0.152. The molecule has 1 saturated heterocycles. The van der Waals surface area contributed by atoms with Gasteiger partial charge >= 0.3 is 5.97 Å². The van der Waals surface area contributed by atoms with E-state index in [0.717, 1.165) is 18.6 Å². The van der Waals surface area contributed by atoms with Crippen molar-refractivity contribution in [3.8, 4) is 0 Å². The number of hydrogen-bond acceptors (Lipinski definition) is 7. The minimum absolute atomic E-state index is 0.0323. The normalized spacial score (nSPS) is 22.0. The predicted molar refractivity (Wildman–Crippen MR) is 99.3 cm³/mol. The van der Waals surface area contributed by atoms with E-state index in [4.69, 9.17) is 15.0 Å². The van der Waals surface area contributed by atoms with E-state index in [1.165, 1.54) is 0 Å². The molecule has 9 heteroatoms. The SMILES string of the molecule is CCOC(=O)C1CN(C(=O)CCCN)CCC1NC(=O)c1cc(C2CC2)on1. The highest BCUT2D eigenvalue weighted by Gasteiger charge is 2.38. The highest BCUT2D eigenvalue weighted by atomic mass is 16.5. The zero-order chi connectivity index (χ0) is 20.1. The first-order chi connectivity index (χ1) is 13.5. The molecule has 2 heterocycles. The van der Waals surface area contributed by atoms with Crippen molar-refractivity contribution in [1.29, 1.82) is 0 Å². The lowest BCUT2D eigenvalue weighted by Crippen LogP contribution is -2.55. The van der Waals surface area contributed by atoms with Crippen molar-refractivity contribution in [2.75, 3.05) is 26.2 Å². The number of amides is 2. The standard InChI is InChI=1S/C19H28N4O5/c1-2-27-19(26)13-11-23(17(24)4-3-8-20)9-7-14(13)21-18(25)15-10-16(28-22-15)12-5-6-12/h10,12-14H,2-9,11,20H2,1H3,(H,21,25). The second-order valence-electron chi connectivity index (χ2n) is 7.35. The van der Waals surface area contributed by atoms with Crippen LogP contribution in [-0.2, 0) is 14.3 Å². The van der Waals surface area contributed by atoms with Crippen molar-refractivity contribution >= 4 is 17.8 Å². The summed E-state index contributed by atoms with van der Waals surface area (Å²) < 4.78 is 10.4. The van der Waals surface area contributed by atoms with E-state index < -0.39 is 17.9 Å². The van der Waals surface area contributed by atoms with Crippen LogP contribution in [0.1, 0.15) is 61.2 Å². The van der Waals surface area contributed by atoms with E-state index in [0.29, 0.717) is 38.3 Å². The third kappa shape index (κ3) is 4.89. The molecule has 28 heavy (non-hydrogen) atoms. The van der Waals surface area contributed by atoms with E-state index in [-0.39, 0.29) is 30.7 Å². The second-order valence-corrected chi connectivity index (χ2v) is 7.35. The number of carbonyl (C=O) groups is 3. The summed E-state index contributed by atoms with van der Waals surface area (Å²) in [6, 6.07) is 1.24. The molecule has 1 aromatic rings. The van der Waals surface area contributed by atoms with Crippen LogP contribution in [0, 0.1) is 5.92 Å². The molecule has 2 unspecified atom stereocenters. The number of aromatic nitrogens is 1. The van der Waals surface area contributed by atoms with Crippen LogP contribution in [0.4, 0.5) is 0 Å². The van der Waals surface area contributed by atoms with Gasteiger partial charge in [-0.25, -0.2) is 0 Å². The largest absolute Gasteiger partial charge is 0.466 e. The Balaban J connectivity index is 1.64. The van der Waals surface area contributed by atoms with Crippen LogP contribution in [0.25, 0.3) is 0 Å². The Bertz CT molecular complexity index is 715. The van der Waals surface area contributed by atoms with Crippen LogP contribution in [0.15, 0.2) is 10.6 Å². The molecule has 3 rings (SSSR count). The highest BCUT2D eigenvalue weighted by Crippen LogP contribution is 2.40. The number of nitrogens with one attached hydrogen (secondary N) is 1. The molecule has 0 bridgehead atoms. The van der Waals surface area contributed by atoms with Gasteiger partial charge in [0.05, 0.1) is 12.5 Å². The van der Waals surface area contributed by atoms with Crippen LogP contribution in [0.2, 0.25) is 0 Å². The Morgan fingerprint density at radius 3 is 2.82 bits per heavy atom. The molecule has 1 aliphatic heterocycles. The second kappa shape index (κ2) is 9.18. The first-order valence-corrected chi connectivity index (χ1v) is 9.95. The number of esters is 1. The van der Waals surface area contributed by atoms with Gasteiger partial charge in [0.25, 0.3) is 5.91 Å². The van der Waals surface area contributed by atoms with E-state index in [1.54, 1.807) is 17.9 Å². The molecule has 0 spiro atoms. The van der Waals surface area contributed by atoms with Gasteiger partial charge in [0.1, 0.15) is 5.76 Å². The number of carbonyl (C=O) groups excluding carboxylic acids is 3. The van der Waals surface area contributed by atoms with Gasteiger partial charge in [-0.2, -0.15) is 0 Å². The van der Waals surface area contributed by atoms with Crippen LogP contribution in [-0.4, -0.2) is 60.1 Å². The maximum atomic E-state index is 12.6. The average molecular weight is 392 g/mol. The minimum atomic E-state index is -0.616. The van der Waals surface area contributed by atoms with Crippen molar-refractivity contribution < 1.29 is 23.6 Å². The number of piperidine rings is 1. The molecule has 1 aliphatic carbocycles. The van der Waals surface area contributed by atoms with Gasteiger partial charge in [-0.05, 0) is 39.2 Å². The molecule has 9 nitrogen and oxygen atoms in total. The predicted octanol–water partition coefficient (Wildman–Crippen LogP) is 0.801. The first kappa shape index (κ1) is 20.3. The molecular weight excluding hydrogens is 364 g/mol. The van der Waals surface area contributed by atoms with Crippen LogP contribution >= 0.6 is 0 Å². The smallest absolute Gasteiger partial charge is 0.312 e. The maximum absolute atomic E-state index is 12.6. The van der Waals surface area contributed by atoms with Crippen molar-refractivity contribution in [1.82, 2.24) is 15.4 Å². The zero-order valence-electron chi connectivity index (χ0n) is 16.2. The lowest BCUT2D eigenvalue weighted by atomic mass is 9.91. The lowest BCUT2D eigenvalue weighted by Gasteiger charge is -2.37. The van der Waals surface area contributed by atoms with Gasteiger partial charge in [-0.1, -0.05) is 5.16 Å². The fourth-order valence-electron chi connectivity index (χ4n) is 3.45. The summed E-state index contributed by atoms with van der Waals surface area (Å²) in [5, 5.41) is 6.73. The van der Waals surface area contributed by atoms with Gasteiger partial charge in [-0.15, -0.1) is 0 Å². The summed E-state index contributed by atoms with van der Waals surface area (Å²) in [4.78, 5) is 39.0. The Morgan fingerprint density at radius 2 is 2.14 bits per heavy atom. The minimum Gasteiger partial charge on any atom is -0.466 e. The molecule has 154 valence electrons. The number of nitrogens with zero attached hydrogens (tertiary/aromatic N) is 2. The fourth-order valence-corrected chi connectivity index (χ4v) is 3.45. The Labute approximate surface area is 163 Å². The van der Waals surface area contributed by atoms with Gasteiger partial charge < -0.3 is 25.2 Å². The van der Waals surface area contributed by atoms with E-state index in [1.807, 2.05) is 0 Å². The van der Waals surface area contributed by atoms with Crippen molar-refractivity contribution in [2.24, 2.45) is 11.7 Å². The molecule has 2 aliphatic rings. The van der Waals surface area contributed by atoms with Crippen molar-refractivity contribution in [2.45, 2.75) is 51.0 Å². The summed E-state index contributed by atoms with van der Waals surface area (Å²) in [7, 11) is 0. The quantitative estimate of drug-likeness (QED) is 0.626. The van der Waals surface area contributed by atoms with E-state index in [9.17, 15) is 14.4 Å². The van der Waals surface area contributed by atoms with Crippen LogP contribution in [0.3, 0.4) is 0 Å². The zero-order valence-corrected chi connectivity index (χ0v) is 16.2. The number of nitrogens with two attached hydrogens (primary N) is 1. The molecular formula is C19H28N4O5. The van der Waals surface area contributed by atoms with Crippen LogP contribution < -0.4 is 11.1 Å². The third-order valence-corrected chi connectivity index (χ3v) is 5.21. The summed E-state index contributed by atoms with van der Waals surface area (Å²) in [5.74, 6) is -0.346.